The number of hydrogen-bond acceptors (Lipinski definition) is 4. The molecule has 5 rings (SSSR count). The number of fused-ring (bicyclic) bond motifs is 3. The smallest absolute Gasteiger partial charge is 0.335 e. The third kappa shape index (κ3) is 4.31. The maximum absolute atomic E-state index is 11.7. The number of aromatic carboxylic acids is 1. The van der Waals surface area contributed by atoms with E-state index in [-0.39, 0.29) is 22.3 Å². The van der Waals surface area contributed by atoms with Crippen LogP contribution in [0.25, 0.3) is 0 Å². The normalized spacial score (nSPS) is 17.0. The topological polar surface area (TPSA) is 82.0 Å². The summed E-state index contributed by atoms with van der Waals surface area (Å²) in [6, 6.07) is 17.3. The van der Waals surface area contributed by atoms with Crippen LogP contribution in [0, 0.1) is 0 Å². The van der Waals surface area contributed by atoms with Gasteiger partial charge >= 0.3 is 5.97 Å². The molecule has 3 aromatic rings. The van der Waals surface area contributed by atoms with Crippen molar-refractivity contribution in [3.05, 3.63) is 82.4 Å². The van der Waals surface area contributed by atoms with Gasteiger partial charge in [-0.2, -0.15) is 0 Å². The van der Waals surface area contributed by atoms with Gasteiger partial charge in [-0.05, 0) is 77.3 Å². The highest BCUT2D eigenvalue weighted by molar-refractivity contribution is 6.19. The van der Waals surface area contributed by atoms with Gasteiger partial charge in [-0.1, -0.05) is 39.8 Å². The first-order valence-electron chi connectivity index (χ1n) is 12.6. The highest BCUT2D eigenvalue weighted by Crippen LogP contribution is 2.50. The molecule has 2 aliphatic rings. The summed E-state index contributed by atoms with van der Waals surface area (Å²) in [6.45, 7) is 10.7. The van der Waals surface area contributed by atoms with Gasteiger partial charge in [0.05, 0.1) is 28.3 Å². The van der Waals surface area contributed by atoms with Crippen molar-refractivity contribution in [3.8, 4) is 0 Å². The number of nitrogens with zero attached hydrogens (tertiary/aromatic N) is 2. The Labute approximate surface area is 218 Å². The molecule has 0 unspecified atom stereocenters. The summed E-state index contributed by atoms with van der Waals surface area (Å²) in [5.41, 5.74) is 9.00. The van der Waals surface area contributed by atoms with E-state index in [0.717, 1.165) is 46.7 Å². The van der Waals surface area contributed by atoms with Crippen molar-refractivity contribution in [2.75, 3.05) is 17.3 Å². The molecule has 2 N–H and O–H groups in total. The van der Waals surface area contributed by atoms with E-state index in [1.165, 1.54) is 18.1 Å². The first-order valence-corrected chi connectivity index (χ1v) is 12.6. The molecule has 0 aromatic heterocycles. The van der Waals surface area contributed by atoms with Crippen molar-refractivity contribution >= 4 is 40.3 Å². The molecule has 0 spiro atoms. The summed E-state index contributed by atoms with van der Waals surface area (Å²) in [5, 5.41) is 12.3. The van der Waals surface area contributed by atoms with Gasteiger partial charge in [0.2, 0.25) is 5.91 Å². The number of benzene rings is 3. The van der Waals surface area contributed by atoms with E-state index in [4.69, 9.17) is 4.99 Å². The minimum Gasteiger partial charge on any atom is -0.478 e. The molecular formula is C31H33N3O3. The van der Waals surface area contributed by atoms with Gasteiger partial charge in [-0.3, -0.25) is 4.79 Å². The van der Waals surface area contributed by atoms with Gasteiger partial charge < -0.3 is 15.3 Å². The van der Waals surface area contributed by atoms with Crippen LogP contribution in [0.4, 0.5) is 22.7 Å². The number of hydrogen-bond donors (Lipinski definition) is 2. The highest BCUT2D eigenvalue weighted by Gasteiger charge is 2.39. The van der Waals surface area contributed by atoms with Crippen molar-refractivity contribution in [2.24, 2.45) is 4.99 Å². The lowest BCUT2D eigenvalue weighted by Crippen LogP contribution is -2.34. The summed E-state index contributed by atoms with van der Waals surface area (Å²) in [7, 11) is 2.05. The van der Waals surface area contributed by atoms with Gasteiger partial charge in [0.15, 0.2) is 0 Å². The number of carbonyl (C=O) groups excluding carboxylic acids is 1. The van der Waals surface area contributed by atoms with Gasteiger partial charge in [0.1, 0.15) is 0 Å². The Morgan fingerprint density at radius 1 is 0.892 bits per heavy atom. The average molecular weight is 496 g/mol. The van der Waals surface area contributed by atoms with Gasteiger partial charge in [-0.25, -0.2) is 9.79 Å². The fourth-order valence-corrected chi connectivity index (χ4v) is 5.55. The number of carbonyl (C=O) groups is 2. The molecule has 37 heavy (non-hydrogen) atoms. The molecule has 0 atom stereocenters. The Morgan fingerprint density at radius 3 is 2.11 bits per heavy atom. The standard InChI is InChI=1S/C31H33N3O3/c1-18(35)32-21-11-12-26-25(15-21)33-28(19-7-9-20(10-8-19)29(36)37)22-16-23-24(17-27(22)34(26)6)31(4,5)14-13-30(23,2)3/h7-12,15-17H,13-14H2,1-6H3,(H,32,35)(H,36,37). The quantitative estimate of drug-likeness (QED) is 0.412. The van der Waals surface area contributed by atoms with E-state index < -0.39 is 5.97 Å². The molecule has 0 saturated heterocycles. The molecule has 1 aliphatic heterocycles. The maximum atomic E-state index is 11.7. The van der Waals surface area contributed by atoms with Crippen molar-refractivity contribution < 1.29 is 14.7 Å². The molecule has 0 radical (unpaired) electrons. The molecule has 0 saturated carbocycles. The zero-order valence-electron chi connectivity index (χ0n) is 22.3. The molecular weight excluding hydrogens is 462 g/mol. The predicted octanol–water partition coefficient (Wildman–Crippen LogP) is 6.94. The first kappa shape index (κ1) is 24.8. The van der Waals surface area contributed by atoms with E-state index in [9.17, 15) is 14.7 Å². The number of carboxylic acids is 1. The lowest BCUT2D eigenvalue weighted by molar-refractivity contribution is -0.114. The Kier molecular flexibility index (Phi) is 5.74. The van der Waals surface area contributed by atoms with Crippen LogP contribution in [0.2, 0.25) is 0 Å². The number of aliphatic imine (C=N–C) groups is 1. The summed E-state index contributed by atoms with van der Waals surface area (Å²) >= 11 is 0. The molecule has 6 nitrogen and oxygen atoms in total. The SMILES string of the molecule is CC(=O)Nc1ccc2c(c1)N=C(c1ccc(C(=O)O)cc1)c1cc3c(cc1N2C)C(C)(C)CCC3(C)C. The van der Waals surface area contributed by atoms with Crippen LogP contribution >= 0.6 is 0 Å². The Balaban J connectivity index is 1.80. The molecule has 190 valence electrons. The van der Waals surface area contributed by atoms with Crippen molar-refractivity contribution in [3.63, 3.8) is 0 Å². The summed E-state index contributed by atoms with van der Waals surface area (Å²) < 4.78 is 0. The second-order valence-electron chi connectivity index (χ2n) is 11.5. The van der Waals surface area contributed by atoms with E-state index in [0.29, 0.717) is 5.69 Å². The maximum Gasteiger partial charge on any atom is 0.335 e. The molecule has 6 heteroatoms. The second-order valence-corrected chi connectivity index (χ2v) is 11.5. The van der Waals surface area contributed by atoms with E-state index in [1.807, 2.05) is 30.3 Å². The van der Waals surface area contributed by atoms with E-state index >= 15 is 0 Å². The van der Waals surface area contributed by atoms with Crippen molar-refractivity contribution in [1.82, 2.24) is 0 Å². The lowest BCUT2D eigenvalue weighted by atomic mass is 9.62. The van der Waals surface area contributed by atoms with E-state index in [2.05, 4.69) is 57.1 Å². The molecule has 0 fully saturated rings. The van der Waals surface area contributed by atoms with Crippen LogP contribution in [-0.4, -0.2) is 29.7 Å². The van der Waals surface area contributed by atoms with Crippen LogP contribution in [-0.2, 0) is 15.6 Å². The Bertz CT molecular complexity index is 1470. The Hall–Kier alpha value is -3.93. The van der Waals surface area contributed by atoms with Crippen molar-refractivity contribution in [1.29, 1.82) is 0 Å². The first-order chi connectivity index (χ1) is 17.4. The van der Waals surface area contributed by atoms with Gasteiger partial charge in [0, 0.05) is 30.8 Å². The third-order valence-electron chi connectivity index (χ3n) is 7.88. The zero-order valence-corrected chi connectivity index (χ0v) is 22.3. The highest BCUT2D eigenvalue weighted by atomic mass is 16.4. The van der Waals surface area contributed by atoms with Crippen LogP contribution in [0.5, 0.6) is 0 Å². The van der Waals surface area contributed by atoms with Crippen LogP contribution < -0.4 is 10.2 Å². The molecule has 0 bridgehead atoms. The van der Waals surface area contributed by atoms with Crippen LogP contribution in [0.1, 0.15) is 80.1 Å². The Morgan fingerprint density at radius 2 is 1.51 bits per heavy atom. The summed E-state index contributed by atoms with van der Waals surface area (Å²) in [4.78, 5) is 30.5. The number of nitrogens with one attached hydrogen (secondary N) is 1. The predicted molar refractivity (Wildman–Crippen MR) is 149 cm³/mol. The molecule has 1 heterocycles. The summed E-state index contributed by atoms with van der Waals surface area (Å²) in [5.74, 6) is -1.10. The largest absolute Gasteiger partial charge is 0.478 e. The molecule has 3 aromatic carbocycles. The zero-order chi connectivity index (χ0) is 26.7. The van der Waals surface area contributed by atoms with Crippen LogP contribution in [0.3, 0.4) is 0 Å². The second kappa shape index (κ2) is 8.58. The number of carboxylic acid groups (broad SMARTS) is 1. The fraction of sp³-hybridized carbons (Fsp3) is 0.323. The van der Waals surface area contributed by atoms with E-state index in [1.54, 1.807) is 12.1 Å². The van der Waals surface area contributed by atoms with Gasteiger partial charge in [0.25, 0.3) is 0 Å². The van der Waals surface area contributed by atoms with Crippen molar-refractivity contribution in [2.45, 2.75) is 58.3 Å². The number of amides is 1. The molecule has 1 amide bonds. The minimum atomic E-state index is -0.960. The van der Waals surface area contributed by atoms with Crippen LogP contribution in [0.15, 0.2) is 59.6 Å². The molecule has 1 aliphatic carbocycles. The lowest BCUT2D eigenvalue weighted by Gasteiger charge is -2.43. The fourth-order valence-electron chi connectivity index (χ4n) is 5.55. The third-order valence-corrected chi connectivity index (χ3v) is 7.88. The summed E-state index contributed by atoms with van der Waals surface area (Å²) in [6.07, 6.45) is 2.21. The minimum absolute atomic E-state index is 0.0223. The monoisotopic (exact) mass is 495 g/mol. The number of anilines is 3. The average Bonchev–Trinajstić information content (AvgIpc) is 2.95. The van der Waals surface area contributed by atoms with Gasteiger partial charge in [-0.15, -0.1) is 0 Å². The number of rotatable bonds is 3.